The second kappa shape index (κ2) is 7.91. The number of nitrogens with one attached hydrogen (secondary N) is 2. The molecule has 0 aliphatic heterocycles. The van der Waals surface area contributed by atoms with Crippen LogP contribution in [0.15, 0.2) is 54.0 Å². The topological polar surface area (TPSA) is 49.8 Å². The van der Waals surface area contributed by atoms with Crippen LogP contribution in [0.5, 0.6) is 0 Å². The fraction of sp³-hybridized carbons (Fsp3) is 0.292. The molecule has 0 bridgehead atoms. The normalized spacial score (nSPS) is 12.6. The molecule has 4 nitrogen and oxygen atoms in total. The third-order valence-corrected chi connectivity index (χ3v) is 6.58. The zero-order valence-corrected chi connectivity index (χ0v) is 18.1. The number of carbonyl (C=O) groups is 1. The highest BCUT2D eigenvalue weighted by atomic mass is 32.1. The van der Waals surface area contributed by atoms with E-state index in [0.717, 1.165) is 22.5 Å². The molecule has 0 radical (unpaired) electrons. The summed E-state index contributed by atoms with van der Waals surface area (Å²) in [5.41, 5.74) is 5.25. The highest BCUT2D eigenvalue weighted by Crippen LogP contribution is 2.33. The Morgan fingerprint density at radius 1 is 1.17 bits per heavy atom. The molecule has 3 heterocycles. The van der Waals surface area contributed by atoms with Crippen molar-refractivity contribution in [3.05, 3.63) is 81.4 Å². The first-order valence-electron chi connectivity index (χ1n) is 10.0. The van der Waals surface area contributed by atoms with Gasteiger partial charge in [-0.25, -0.2) is 0 Å². The van der Waals surface area contributed by atoms with Crippen LogP contribution in [0.4, 0.5) is 0 Å². The summed E-state index contributed by atoms with van der Waals surface area (Å²) in [6.07, 6.45) is 2.08. The van der Waals surface area contributed by atoms with Gasteiger partial charge in [-0.1, -0.05) is 24.3 Å². The van der Waals surface area contributed by atoms with Crippen molar-refractivity contribution < 1.29 is 4.79 Å². The number of thiophene rings is 1. The average molecular weight is 406 g/mol. The van der Waals surface area contributed by atoms with Gasteiger partial charge in [-0.3, -0.25) is 4.79 Å². The van der Waals surface area contributed by atoms with Gasteiger partial charge >= 0.3 is 0 Å². The standard InChI is InChI=1S/C24H27N3OS/c1-15(2)27-16(3)12-19(17(27)4)24(28)26-14-21(23-10-7-11-29-23)20-13-25-22-9-6-5-8-18(20)22/h5-13,15,21,25H,14H2,1-4H3,(H,26,28). The minimum absolute atomic E-state index is 0.00797. The number of benzene rings is 1. The number of aryl methyl sites for hydroxylation is 1. The fourth-order valence-electron chi connectivity index (χ4n) is 4.33. The van der Waals surface area contributed by atoms with E-state index in [9.17, 15) is 4.79 Å². The van der Waals surface area contributed by atoms with Crippen molar-refractivity contribution in [3.8, 4) is 0 Å². The maximum absolute atomic E-state index is 13.0. The van der Waals surface area contributed by atoms with Crippen LogP contribution in [0, 0.1) is 13.8 Å². The molecule has 4 rings (SSSR count). The Kier molecular flexibility index (Phi) is 5.33. The number of rotatable bonds is 6. The summed E-state index contributed by atoms with van der Waals surface area (Å²) in [5.74, 6) is 0.107. The predicted molar refractivity (Wildman–Crippen MR) is 121 cm³/mol. The summed E-state index contributed by atoms with van der Waals surface area (Å²) < 4.78 is 2.21. The van der Waals surface area contributed by atoms with Gasteiger partial charge in [-0.15, -0.1) is 11.3 Å². The number of hydrogen-bond acceptors (Lipinski definition) is 2. The Morgan fingerprint density at radius 2 is 1.97 bits per heavy atom. The van der Waals surface area contributed by atoms with Crippen LogP contribution in [0.3, 0.4) is 0 Å². The predicted octanol–water partition coefficient (Wildman–Crippen LogP) is 5.79. The first kappa shape index (κ1) is 19.5. The van der Waals surface area contributed by atoms with E-state index in [1.165, 1.54) is 15.8 Å². The molecule has 5 heteroatoms. The maximum atomic E-state index is 13.0. The van der Waals surface area contributed by atoms with Gasteiger partial charge in [-0.05, 0) is 56.8 Å². The van der Waals surface area contributed by atoms with E-state index in [4.69, 9.17) is 0 Å². The number of nitrogens with zero attached hydrogens (tertiary/aromatic N) is 1. The first-order valence-corrected chi connectivity index (χ1v) is 10.9. The van der Waals surface area contributed by atoms with Crippen molar-refractivity contribution in [3.63, 3.8) is 0 Å². The van der Waals surface area contributed by atoms with Gasteiger partial charge in [0.1, 0.15) is 0 Å². The molecular weight excluding hydrogens is 378 g/mol. The molecule has 1 aromatic carbocycles. The monoisotopic (exact) mass is 405 g/mol. The van der Waals surface area contributed by atoms with E-state index in [0.29, 0.717) is 12.6 Å². The van der Waals surface area contributed by atoms with Crippen LogP contribution in [-0.2, 0) is 0 Å². The number of aromatic nitrogens is 2. The van der Waals surface area contributed by atoms with Gasteiger partial charge in [0.15, 0.2) is 0 Å². The second-order valence-electron chi connectivity index (χ2n) is 7.82. The molecule has 1 unspecified atom stereocenters. The van der Waals surface area contributed by atoms with Gasteiger partial charge in [0.25, 0.3) is 5.91 Å². The Labute approximate surface area is 175 Å². The number of aromatic amines is 1. The number of amides is 1. The summed E-state index contributed by atoms with van der Waals surface area (Å²) in [4.78, 5) is 17.7. The molecule has 1 atom stereocenters. The van der Waals surface area contributed by atoms with E-state index in [-0.39, 0.29) is 11.8 Å². The number of fused-ring (bicyclic) bond motifs is 1. The highest BCUT2D eigenvalue weighted by molar-refractivity contribution is 7.10. The maximum Gasteiger partial charge on any atom is 0.253 e. The largest absolute Gasteiger partial charge is 0.361 e. The minimum atomic E-state index is -0.00797. The van der Waals surface area contributed by atoms with Gasteiger partial charge in [-0.2, -0.15) is 0 Å². The third kappa shape index (κ3) is 3.62. The van der Waals surface area contributed by atoms with Crippen molar-refractivity contribution in [2.45, 2.75) is 39.7 Å². The van der Waals surface area contributed by atoms with Gasteiger partial charge in [0, 0.05) is 51.9 Å². The number of H-pyrrole nitrogens is 1. The summed E-state index contributed by atoms with van der Waals surface area (Å²) in [5, 5.41) is 6.50. The van der Waals surface area contributed by atoms with Crippen molar-refractivity contribution in [1.29, 1.82) is 0 Å². The van der Waals surface area contributed by atoms with E-state index >= 15 is 0 Å². The van der Waals surface area contributed by atoms with E-state index in [1.807, 2.05) is 19.1 Å². The zero-order chi connectivity index (χ0) is 20.5. The Bertz CT molecular complexity index is 1130. The van der Waals surface area contributed by atoms with Crippen LogP contribution in [0.25, 0.3) is 10.9 Å². The number of carbonyl (C=O) groups excluding carboxylic acids is 1. The van der Waals surface area contributed by atoms with Gasteiger partial charge in [0.2, 0.25) is 0 Å². The van der Waals surface area contributed by atoms with Gasteiger partial charge < -0.3 is 14.9 Å². The lowest BCUT2D eigenvalue weighted by atomic mass is 9.96. The smallest absolute Gasteiger partial charge is 0.253 e. The van der Waals surface area contributed by atoms with Crippen molar-refractivity contribution in [2.24, 2.45) is 0 Å². The molecule has 0 aliphatic carbocycles. The Balaban J connectivity index is 1.62. The Hall–Kier alpha value is -2.79. The summed E-state index contributed by atoms with van der Waals surface area (Å²) in [7, 11) is 0. The lowest BCUT2D eigenvalue weighted by Crippen LogP contribution is -2.29. The molecule has 0 saturated carbocycles. The van der Waals surface area contributed by atoms with Crippen LogP contribution in [0.1, 0.15) is 58.0 Å². The lowest BCUT2D eigenvalue weighted by Gasteiger charge is -2.17. The van der Waals surface area contributed by atoms with Crippen LogP contribution in [0.2, 0.25) is 0 Å². The summed E-state index contributed by atoms with van der Waals surface area (Å²) in [6.45, 7) is 8.94. The molecule has 4 aromatic rings. The molecule has 1 amide bonds. The van der Waals surface area contributed by atoms with Crippen molar-refractivity contribution in [1.82, 2.24) is 14.9 Å². The Morgan fingerprint density at radius 3 is 2.66 bits per heavy atom. The average Bonchev–Trinajstić information content (AvgIpc) is 3.42. The molecule has 0 spiro atoms. The van der Waals surface area contributed by atoms with Crippen LogP contribution >= 0.6 is 11.3 Å². The molecule has 29 heavy (non-hydrogen) atoms. The molecule has 2 N–H and O–H groups in total. The molecule has 150 valence electrons. The molecule has 0 saturated heterocycles. The number of para-hydroxylation sites is 1. The van der Waals surface area contributed by atoms with Crippen LogP contribution < -0.4 is 5.32 Å². The fourth-order valence-corrected chi connectivity index (χ4v) is 5.17. The summed E-state index contributed by atoms with van der Waals surface area (Å²) >= 11 is 1.73. The SMILES string of the molecule is Cc1cc(C(=O)NCC(c2cccs2)c2c[nH]c3ccccc23)c(C)n1C(C)C. The minimum Gasteiger partial charge on any atom is -0.361 e. The van der Waals surface area contributed by atoms with E-state index < -0.39 is 0 Å². The van der Waals surface area contributed by atoms with Gasteiger partial charge in [0.05, 0.1) is 5.56 Å². The van der Waals surface area contributed by atoms with Crippen LogP contribution in [-0.4, -0.2) is 22.0 Å². The quantitative estimate of drug-likeness (QED) is 0.419. The molecule has 3 aromatic heterocycles. The zero-order valence-electron chi connectivity index (χ0n) is 17.3. The summed E-state index contributed by atoms with van der Waals surface area (Å²) in [6, 6.07) is 14.9. The first-order chi connectivity index (χ1) is 14.0. The second-order valence-corrected chi connectivity index (χ2v) is 8.80. The molecule has 0 fully saturated rings. The van der Waals surface area contributed by atoms with Crippen molar-refractivity contribution in [2.75, 3.05) is 6.54 Å². The van der Waals surface area contributed by atoms with E-state index in [1.54, 1.807) is 11.3 Å². The lowest BCUT2D eigenvalue weighted by molar-refractivity contribution is 0.0952. The van der Waals surface area contributed by atoms with E-state index in [2.05, 4.69) is 77.5 Å². The number of hydrogen-bond donors (Lipinski definition) is 2. The van der Waals surface area contributed by atoms with Crippen molar-refractivity contribution >= 4 is 28.1 Å². The molecular formula is C24H27N3OS. The molecule has 0 aliphatic rings. The highest BCUT2D eigenvalue weighted by Gasteiger charge is 2.22. The third-order valence-electron chi connectivity index (χ3n) is 5.60.